The van der Waals surface area contributed by atoms with Crippen LogP contribution >= 0.6 is 0 Å². The summed E-state index contributed by atoms with van der Waals surface area (Å²) >= 11 is 0. The third-order valence-corrected chi connectivity index (χ3v) is 17.1. The normalized spacial score (nSPS) is 29.6. The predicted molar refractivity (Wildman–Crippen MR) is 350 cm³/mol. The Morgan fingerprint density at radius 2 is 0.435 bits per heavy atom. The van der Waals surface area contributed by atoms with E-state index in [0.29, 0.717) is 0 Å². The van der Waals surface area contributed by atoms with Crippen LogP contribution in [0, 0.1) is 156 Å². The maximum Gasteiger partial charge on any atom is 0.0169 e. The van der Waals surface area contributed by atoms with Crippen LogP contribution in [0.1, 0.15) is 212 Å². The van der Waals surface area contributed by atoms with Gasteiger partial charge in [-0.1, -0.05) is 216 Å². The van der Waals surface area contributed by atoms with Gasteiger partial charge in [-0.25, -0.2) is 0 Å². The van der Waals surface area contributed by atoms with Crippen LogP contribution in [0.3, 0.4) is 0 Å². The predicted octanol–water partition coefficient (Wildman–Crippen LogP) is 22.7. The number of hydrogen-bond acceptors (Lipinski definition) is 0. The Balaban J connectivity index is 0.000000646. The molecule has 0 nitrogen and oxygen atoms in total. The van der Waals surface area contributed by atoms with Crippen LogP contribution in [0.25, 0.3) is 0 Å². The molecule has 85 heavy (non-hydrogen) atoms. The van der Waals surface area contributed by atoms with Crippen molar-refractivity contribution in [1.29, 1.82) is 0 Å². The van der Waals surface area contributed by atoms with Gasteiger partial charge < -0.3 is 0 Å². The molecule has 11 aliphatic carbocycles. The molecule has 0 aromatic rings. The largest absolute Gasteiger partial charge is 0.0882 e. The Bertz CT molecular complexity index is 1790. The first-order chi connectivity index (χ1) is 38.8. The molecule has 30 radical (unpaired) electrons. The van der Waals surface area contributed by atoms with E-state index in [0.717, 1.165) is 0 Å². The average Bonchev–Trinajstić information content (AvgIpc) is 4.16. The molecule has 0 aromatic heterocycles. The van der Waals surface area contributed by atoms with Gasteiger partial charge in [0.2, 0.25) is 0 Å². The van der Waals surface area contributed by atoms with Crippen LogP contribution < -0.4 is 0 Å². The molecule has 11 aliphatic rings. The van der Waals surface area contributed by atoms with Crippen molar-refractivity contribution in [2.45, 2.75) is 212 Å². The fraction of sp³-hybridized carbons (Fsp3) is 0.412. The Morgan fingerprint density at radius 1 is 0.212 bits per heavy atom. The molecule has 468 valence electrons. The second-order valence-corrected chi connectivity index (χ2v) is 23.4. The fourth-order valence-corrected chi connectivity index (χ4v) is 12.4. The summed E-state index contributed by atoms with van der Waals surface area (Å²) in [4.78, 5) is 0. The SMILES string of the molecule is C1=C\CC/C=C\CC/1.C1=C\CC/C=C\CC/1.C1=C\CC/C=C\CC/1.C1=C\CC/C=C\CC/1.C1=C\CC/C=C\CC/1.C[C]1[CH][C](C)[C]([C]2[CH][C]([C]3[C](C)[CH][C](C)[C]3C)[C]3[C]2C([C]2[C](C)[CH][C](C)[C]2C)=CC3[C]2[C](C)[CH][C](C)[C]2C)[C]1C.[Rh].[Rh].[Rh].[Rh].[Rh]. The van der Waals surface area contributed by atoms with Crippen molar-refractivity contribution in [3.63, 3.8) is 0 Å². The van der Waals surface area contributed by atoms with Crippen molar-refractivity contribution in [3.8, 4) is 0 Å². The van der Waals surface area contributed by atoms with Crippen molar-refractivity contribution in [2.24, 2.45) is 5.92 Å². The van der Waals surface area contributed by atoms with E-state index in [2.05, 4.69) is 243 Å². The van der Waals surface area contributed by atoms with Crippen LogP contribution in [0.5, 0.6) is 0 Å². The Morgan fingerprint density at radius 3 is 0.659 bits per heavy atom. The molecular formula is C80H103Rh5. The van der Waals surface area contributed by atoms with E-state index in [1.54, 1.807) is 0 Å². The van der Waals surface area contributed by atoms with E-state index >= 15 is 0 Å². The summed E-state index contributed by atoms with van der Waals surface area (Å²) in [5.74, 6) is 28.7. The first-order valence-electron chi connectivity index (χ1n) is 31.3. The van der Waals surface area contributed by atoms with Gasteiger partial charge in [-0.15, -0.1) is 0 Å². The molecule has 5 saturated carbocycles. The molecule has 0 bridgehead atoms. The summed E-state index contributed by atoms with van der Waals surface area (Å²) < 4.78 is 0. The van der Waals surface area contributed by atoms with Gasteiger partial charge in [-0.2, -0.15) is 0 Å². The first-order valence-corrected chi connectivity index (χ1v) is 31.3. The number of fused-ring (bicyclic) bond motifs is 1. The van der Waals surface area contributed by atoms with Crippen molar-refractivity contribution in [2.75, 3.05) is 0 Å². The van der Waals surface area contributed by atoms with Crippen molar-refractivity contribution >= 4 is 0 Å². The minimum Gasteiger partial charge on any atom is -0.0882 e. The second-order valence-electron chi connectivity index (χ2n) is 23.4. The Labute approximate surface area is 592 Å². The maximum absolute atomic E-state index is 2.63. The van der Waals surface area contributed by atoms with Gasteiger partial charge in [0.05, 0.1) is 0 Å². The molecule has 0 aliphatic heterocycles. The van der Waals surface area contributed by atoms with Gasteiger partial charge in [0.15, 0.2) is 0 Å². The summed E-state index contributed by atoms with van der Waals surface area (Å²) in [7, 11) is 0. The maximum atomic E-state index is 2.63. The van der Waals surface area contributed by atoms with Gasteiger partial charge in [-0.05, 0) is 267 Å². The first kappa shape index (κ1) is 83.3. The average molecular weight is 1580 g/mol. The van der Waals surface area contributed by atoms with Crippen LogP contribution in [0.4, 0.5) is 0 Å². The van der Waals surface area contributed by atoms with Gasteiger partial charge in [0.1, 0.15) is 0 Å². The molecule has 0 aromatic carbocycles. The molecule has 0 spiro atoms. The summed E-state index contributed by atoms with van der Waals surface area (Å²) in [6.45, 7) is 27.5. The van der Waals surface area contributed by atoms with Crippen LogP contribution in [0.2, 0.25) is 0 Å². The molecule has 5 fully saturated rings. The third-order valence-electron chi connectivity index (χ3n) is 17.1. The molecular weight excluding hydrogens is 1480 g/mol. The van der Waals surface area contributed by atoms with E-state index in [1.807, 2.05) is 0 Å². The Kier molecular flexibility index (Phi) is 45.4. The number of allylic oxidation sites excluding steroid dienone is 22. The topological polar surface area (TPSA) is 0 Å². The summed E-state index contributed by atoms with van der Waals surface area (Å²) in [6.07, 6.45) is 84.7. The van der Waals surface area contributed by atoms with Crippen molar-refractivity contribution in [1.82, 2.24) is 0 Å². The summed E-state index contributed by atoms with van der Waals surface area (Å²) in [5, 5.41) is 0. The monoisotopic (exact) mass is 1580 g/mol. The molecule has 0 amide bonds. The smallest absolute Gasteiger partial charge is 0.0169 e. The van der Waals surface area contributed by atoms with Gasteiger partial charge in [0.25, 0.3) is 0 Å². The zero-order valence-corrected chi connectivity index (χ0v) is 62.1. The van der Waals surface area contributed by atoms with Crippen molar-refractivity contribution < 1.29 is 97.4 Å². The molecule has 0 heterocycles. The second kappa shape index (κ2) is 46.3. The van der Waals surface area contributed by atoms with Crippen LogP contribution in [0.15, 0.2) is 133 Å². The fourth-order valence-electron chi connectivity index (χ4n) is 12.4. The summed E-state index contributed by atoms with van der Waals surface area (Å²) in [6, 6.07) is 0. The third kappa shape index (κ3) is 25.9. The molecule has 11 rings (SSSR count). The number of rotatable bonds is 4. The van der Waals surface area contributed by atoms with Gasteiger partial charge >= 0.3 is 0 Å². The Hall–Kier alpha value is 0.257. The zero-order valence-electron chi connectivity index (χ0n) is 53.9. The van der Waals surface area contributed by atoms with Crippen molar-refractivity contribution in [3.05, 3.63) is 284 Å². The van der Waals surface area contributed by atoms with E-state index < -0.39 is 0 Å². The van der Waals surface area contributed by atoms with E-state index in [4.69, 9.17) is 0 Å². The molecule has 0 N–H and O–H groups in total. The minimum atomic E-state index is 0. The quantitative estimate of drug-likeness (QED) is 0.194. The van der Waals surface area contributed by atoms with Crippen LogP contribution in [-0.4, -0.2) is 0 Å². The zero-order chi connectivity index (χ0) is 57.2. The van der Waals surface area contributed by atoms with E-state index in [9.17, 15) is 0 Å². The van der Waals surface area contributed by atoms with E-state index in [1.165, 1.54) is 252 Å². The minimum absolute atomic E-state index is 0. The number of hydrogen-bond donors (Lipinski definition) is 0. The van der Waals surface area contributed by atoms with Crippen LogP contribution in [-0.2, 0) is 97.4 Å². The molecule has 1 atom stereocenters. The summed E-state index contributed by atoms with van der Waals surface area (Å²) in [5.41, 5.74) is 1.43. The molecule has 1 unspecified atom stereocenters. The van der Waals surface area contributed by atoms with Gasteiger partial charge in [-0.3, -0.25) is 0 Å². The standard InChI is InChI=1S/C40H43.5C8H12.5Rh/c1-19-13-23(5)35(27(19)9)31-17-32(36-24(6)14-20(2)28(36)10)40-34(38-26(8)16-22(4)30(38)12)18-33(39(31)40)37-25(7)15-21(3)29(37)11;5*1-2-4-6-8-7-5-3-1;;;;;/h13-18,31H,1-12H3;5*1-2,7-8H,3-6H2;;;;;/b;5*2-1-,8-7-;;;;;. The van der Waals surface area contributed by atoms with Gasteiger partial charge in [0, 0.05) is 115 Å². The molecule has 5 heteroatoms. The van der Waals surface area contributed by atoms with E-state index in [-0.39, 0.29) is 103 Å². The molecule has 0 saturated heterocycles.